The van der Waals surface area contributed by atoms with E-state index < -0.39 is 11.6 Å². The number of likely N-dealkylation sites (tertiary alicyclic amines) is 1. The van der Waals surface area contributed by atoms with E-state index in [1.165, 1.54) is 0 Å². The molecule has 2 saturated heterocycles. The third-order valence-electron chi connectivity index (χ3n) is 9.49. The molecule has 33 heavy (non-hydrogen) atoms. The lowest BCUT2D eigenvalue weighted by Crippen LogP contribution is -2.52. The fourth-order valence-corrected chi connectivity index (χ4v) is 7.09. The predicted molar refractivity (Wildman–Crippen MR) is 114 cm³/mol. The Morgan fingerprint density at radius 2 is 1.58 bits per heavy atom. The maximum atomic E-state index is 13.4. The van der Waals surface area contributed by atoms with E-state index in [1.807, 2.05) is 17.0 Å². The van der Waals surface area contributed by atoms with E-state index in [9.17, 15) is 22.8 Å². The van der Waals surface area contributed by atoms with Crippen LogP contribution in [0.1, 0.15) is 74.8 Å². The van der Waals surface area contributed by atoms with E-state index in [0.717, 1.165) is 57.2 Å². The number of rotatable bonds is 3. The Labute approximate surface area is 191 Å². The van der Waals surface area contributed by atoms with Crippen molar-refractivity contribution in [3.8, 4) is 0 Å². The molecular weight excluding hydrogens is 431 g/mol. The molecule has 2 aliphatic heterocycles. The van der Waals surface area contributed by atoms with Crippen LogP contribution in [-0.2, 0) is 19.7 Å². The number of alkyl halides is 3. The molecule has 0 radical (unpaired) electrons. The average molecular weight is 462 g/mol. The molecule has 0 atom stereocenters. The van der Waals surface area contributed by atoms with Gasteiger partial charge in [0, 0.05) is 24.4 Å². The maximum Gasteiger partial charge on any atom is 0.398 e. The zero-order chi connectivity index (χ0) is 23.1. The lowest BCUT2D eigenvalue weighted by atomic mass is 9.55. The lowest BCUT2D eigenvalue weighted by Gasteiger charge is -2.53. The molecule has 3 saturated carbocycles. The van der Waals surface area contributed by atoms with E-state index in [0.29, 0.717) is 24.5 Å². The van der Waals surface area contributed by atoms with Crippen molar-refractivity contribution in [1.82, 2.24) is 4.90 Å². The quantitative estimate of drug-likeness (QED) is 0.588. The molecule has 0 N–H and O–H groups in total. The molecule has 2 heterocycles. The highest BCUT2D eigenvalue weighted by atomic mass is 19.4. The molecule has 0 bridgehead atoms. The van der Waals surface area contributed by atoms with Gasteiger partial charge in [-0.15, -0.1) is 0 Å². The molecule has 1 aromatic rings. The number of halogens is 3. The van der Waals surface area contributed by atoms with E-state index in [-0.39, 0.29) is 41.5 Å². The highest BCUT2D eigenvalue weighted by Crippen LogP contribution is 2.60. The smallest absolute Gasteiger partial charge is 0.398 e. The Kier molecular flexibility index (Phi) is 4.55. The molecule has 1 amide bonds. The number of carbonyl (C=O) groups is 2. The SMILES string of the molecule is O=C1CC2(CO1)CC(C(=O)N1CCC3(CC1)CC(c1ccc(C4(C(F)(F)F)CC4)cc1)C3)C2. The largest absolute Gasteiger partial charge is 0.465 e. The first-order valence-corrected chi connectivity index (χ1v) is 12.2. The van der Waals surface area contributed by atoms with Gasteiger partial charge in [-0.2, -0.15) is 13.2 Å². The van der Waals surface area contributed by atoms with Crippen molar-refractivity contribution in [2.75, 3.05) is 19.7 Å². The number of cyclic esters (lactones) is 1. The van der Waals surface area contributed by atoms with Crippen LogP contribution < -0.4 is 0 Å². The Bertz CT molecular complexity index is 959. The Balaban J connectivity index is 1.00. The number of piperidine rings is 1. The number of carbonyl (C=O) groups excluding carboxylic acids is 2. The van der Waals surface area contributed by atoms with Crippen molar-refractivity contribution in [3.05, 3.63) is 35.4 Å². The Morgan fingerprint density at radius 3 is 2.09 bits per heavy atom. The van der Waals surface area contributed by atoms with Gasteiger partial charge in [0.15, 0.2) is 0 Å². The van der Waals surface area contributed by atoms with Crippen molar-refractivity contribution < 1.29 is 27.5 Å². The van der Waals surface area contributed by atoms with Crippen LogP contribution in [0.5, 0.6) is 0 Å². The van der Waals surface area contributed by atoms with Gasteiger partial charge in [0.2, 0.25) is 5.91 Å². The molecule has 0 unspecified atom stereocenters. The standard InChI is InChI=1S/C26H30F3NO3/c27-26(28,29)25(5-6-25)20-3-1-17(2-4-20)18-11-23(12-18)7-9-30(10-8-23)22(32)19-13-24(14-19)15-21(31)33-16-24/h1-4,18-19H,5-16H2. The molecular formula is C26H30F3NO3. The maximum absolute atomic E-state index is 13.4. The molecule has 0 aromatic heterocycles. The molecule has 3 aliphatic carbocycles. The van der Waals surface area contributed by atoms with Crippen LogP contribution in [0.15, 0.2) is 24.3 Å². The fraction of sp³-hybridized carbons (Fsp3) is 0.692. The van der Waals surface area contributed by atoms with Gasteiger partial charge < -0.3 is 9.64 Å². The number of hydrogen-bond acceptors (Lipinski definition) is 3. The zero-order valence-corrected chi connectivity index (χ0v) is 18.8. The summed E-state index contributed by atoms with van der Waals surface area (Å²) in [5.41, 5.74) is 0.146. The first-order valence-electron chi connectivity index (χ1n) is 12.2. The topological polar surface area (TPSA) is 46.6 Å². The van der Waals surface area contributed by atoms with Crippen LogP contribution in [0.4, 0.5) is 13.2 Å². The summed E-state index contributed by atoms with van der Waals surface area (Å²) in [7, 11) is 0. The van der Waals surface area contributed by atoms with E-state index in [4.69, 9.17) is 4.74 Å². The number of hydrogen-bond donors (Lipinski definition) is 0. The third kappa shape index (κ3) is 3.40. The van der Waals surface area contributed by atoms with Crippen molar-refractivity contribution in [1.29, 1.82) is 0 Å². The second-order valence-corrected chi connectivity index (χ2v) is 11.6. The van der Waals surface area contributed by atoms with Gasteiger partial charge in [-0.05, 0) is 73.8 Å². The zero-order valence-electron chi connectivity index (χ0n) is 18.8. The van der Waals surface area contributed by atoms with Crippen molar-refractivity contribution in [3.63, 3.8) is 0 Å². The number of ether oxygens (including phenoxy) is 1. The van der Waals surface area contributed by atoms with Crippen molar-refractivity contribution in [2.45, 2.75) is 75.3 Å². The number of esters is 1. The second-order valence-electron chi connectivity index (χ2n) is 11.6. The molecule has 7 heteroatoms. The summed E-state index contributed by atoms with van der Waals surface area (Å²) in [5, 5.41) is 0. The summed E-state index contributed by atoms with van der Waals surface area (Å²) >= 11 is 0. The number of nitrogens with zero attached hydrogens (tertiary/aromatic N) is 1. The number of amides is 1. The molecule has 5 aliphatic rings. The van der Waals surface area contributed by atoms with E-state index in [2.05, 4.69) is 0 Å². The van der Waals surface area contributed by atoms with Crippen molar-refractivity contribution in [2.24, 2.45) is 16.7 Å². The first kappa shape index (κ1) is 21.5. The molecule has 1 aromatic carbocycles. The third-order valence-corrected chi connectivity index (χ3v) is 9.49. The van der Waals surface area contributed by atoms with Crippen LogP contribution in [0, 0.1) is 16.7 Å². The molecule has 6 rings (SSSR count). The van der Waals surface area contributed by atoms with Crippen molar-refractivity contribution >= 4 is 11.9 Å². The predicted octanol–water partition coefficient (Wildman–Crippen LogP) is 5.11. The van der Waals surface area contributed by atoms with Gasteiger partial charge in [0.05, 0.1) is 18.4 Å². The van der Waals surface area contributed by atoms with E-state index in [1.54, 1.807) is 12.1 Å². The molecule has 4 nitrogen and oxygen atoms in total. The van der Waals surface area contributed by atoms with Crippen LogP contribution in [-0.4, -0.2) is 42.6 Å². The summed E-state index contributed by atoms with van der Waals surface area (Å²) < 4.78 is 45.2. The summed E-state index contributed by atoms with van der Waals surface area (Å²) in [6, 6.07) is 7.19. The van der Waals surface area contributed by atoms with Gasteiger partial charge >= 0.3 is 12.1 Å². The van der Waals surface area contributed by atoms with Crippen LogP contribution in [0.3, 0.4) is 0 Å². The summed E-state index contributed by atoms with van der Waals surface area (Å²) in [4.78, 5) is 26.3. The minimum atomic E-state index is -4.16. The van der Waals surface area contributed by atoms with Gasteiger partial charge in [0.25, 0.3) is 0 Å². The fourth-order valence-electron chi connectivity index (χ4n) is 7.09. The average Bonchev–Trinajstić information content (AvgIpc) is 3.47. The summed E-state index contributed by atoms with van der Waals surface area (Å²) in [6.45, 7) is 2.05. The molecule has 2 spiro atoms. The highest BCUT2D eigenvalue weighted by Gasteiger charge is 2.64. The van der Waals surface area contributed by atoms with Gasteiger partial charge in [-0.3, -0.25) is 9.59 Å². The minimum absolute atomic E-state index is 0.0349. The summed E-state index contributed by atoms with van der Waals surface area (Å²) in [5.74, 6) is 0.545. The van der Waals surface area contributed by atoms with Crippen LogP contribution >= 0.6 is 0 Å². The number of benzene rings is 1. The van der Waals surface area contributed by atoms with Crippen LogP contribution in [0.2, 0.25) is 0 Å². The monoisotopic (exact) mass is 461 g/mol. The highest BCUT2D eigenvalue weighted by molar-refractivity contribution is 5.81. The lowest BCUT2D eigenvalue weighted by molar-refractivity contribution is -0.160. The Morgan fingerprint density at radius 1 is 0.939 bits per heavy atom. The first-order chi connectivity index (χ1) is 15.6. The normalized spacial score (nSPS) is 27.8. The van der Waals surface area contributed by atoms with E-state index >= 15 is 0 Å². The summed E-state index contributed by atoms with van der Waals surface area (Å²) in [6.07, 6.45) is 2.36. The molecule has 5 fully saturated rings. The van der Waals surface area contributed by atoms with Gasteiger partial charge in [-0.25, -0.2) is 0 Å². The molecule has 178 valence electrons. The minimum Gasteiger partial charge on any atom is -0.465 e. The Hall–Kier alpha value is -2.05. The van der Waals surface area contributed by atoms with Gasteiger partial charge in [-0.1, -0.05) is 24.3 Å². The van der Waals surface area contributed by atoms with Gasteiger partial charge in [0.1, 0.15) is 0 Å². The second kappa shape index (κ2) is 6.98. The van der Waals surface area contributed by atoms with Crippen LogP contribution in [0.25, 0.3) is 0 Å².